The normalized spacial score (nSPS) is 10.8. The largest absolute Gasteiger partial charge is 0.504 e. The van der Waals surface area contributed by atoms with Crippen LogP contribution < -0.4 is 14.8 Å². The van der Waals surface area contributed by atoms with E-state index >= 15 is 0 Å². The second-order valence-electron chi connectivity index (χ2n) is 6.07. The monoisotopic (exact) mass is 499 g/mol. The highest BCUT2D eigenvalue weighted by Crippen LogP contribution is 2.29. The fourth-order valence-corrected chi connectivity index (χ4v) is 2.70. The maximum atomic E-state index is 10.2. The maximum Gasteiger partial charge on any atom is 0.194 e. The summed E-state index contributed by atoms with van der Waals surface area (Å²) in [4.78, 5) is 6.71. The first-order valence-electron chi connectivity index (χ1n) is 9.15. The van der Waals surface area contributed by atoms with Crippen LogP contribution in [-0.2, 0) is 13.1 Å². The number of nitrogens with one attached hydrogen (secondary N) is 1. The van der Waals surface area contributed by atoms with Crippen molar-refractivity contribution in [1.29, 1.82) is 0 Å². The van der Waals surface area contributed by atoms with Gasteiger partial charge in [-0.3, -0.25) is 0 Å². The number of halogens is 1. The van der Waals surface area contributed by atoms with E-state index < -0.39 is 0 Å². The number of nitrogens with zero attached hydrogens (tertiary/aromatic N) is 2. The molecule has 2 N–H and O–H groups in total. The minimum atomic E-state index is 0. The first-order chi connectivity index (χ1) is 13.1. The van der Waals surface area contributed by atoms with E-state index in [0.29, 0.717) is 25.4 Å². The molecule has 0 amide bonds. The summed E-state index contributed by atoms with van der Waals surface area (Å²) >= 11 is 0. The lowest BCUT2D eigenvalue weighted by atomic mass is 10.2. The summed E-state index contributed by atoms with van der Waals surface area (Å²) in [5.74, 6) is 2.23. The van der Waals surface area contributed by atoms with E-state index in [1.54, 1.807) is 6.07 Å². The van der Waals surface area contributed by atoms with Gasteiger partial charge in [-0.05, 0) is 37.6 Å². The summed E-state index contributed by atoms with van der Waals surface area (Å²) in [5, 5.41) is 13.5. The molecule has 0 bridgehead atoms. The van der Waals surface area contributed by atoms with Gasteiger partial charge in [0, 0.05) is 25.7 Å². The fourth-order valence-electron chi connectivity index (χ4n) is 2.70. The van der Waals surface area contributed by atoms with Gasteiger partial charge in [0.15, 0.2) is 17.5 Å². The van der Waals surface area contributed by atoms with Crippen molar-refractivity contribution in [3.05, 3.63) is 53.6 Å². The van der Waals surface area contributed by atoms with Gasteiger partial charge in [0.25, 0.3) is 0 Å². The van der Waals surface area contributed by atoms with Crippen molar-refractivity contribution < 1.29 is 14.6 Å². The van der Waals surface area contributed by atoms with E-state index in [2.05, 4.69) is 27.3 Å². The number of ether oxygens (including phenoxy) is 2. The summed E-state index contributed by atoms with van der Waals surface area (Å²) in [6.45, 7) is 6.50. The van der Waals surface area contributed by atoms with Crippen LogP contribution in [0.4, 0.5) is 0 Å². The number of benzene rings is 2. The number of guanidine groups is 1. The molecule has 6 nitrogen and oxygen atoms in total. The van der Waals surface area contributed by atoms with Crippen LogP contribution in [0.3, 0.4) is 0 Å². The summed E-state index contributed by atoms with van der Waals surface area (Å²) in [5.41, 5.74) is 1.88. The molecule has 0 aliphatic rings. The quantitative estimate of drug-likeness (QED) is 0.327. The molecule has 0 saturated carbocycles. The van der Waals surface area contributed by atoms with Gasteiger partial charge < -0.3 is 24.8 Å². The van der Waals surface area contributed by atoms with Crippen LogP contribution in [-0.4, -0.2) is 43.3 Å². The molecule has 0 aliphatic carbocycles. The molecule has 0 aliphatic heterocycles. The second-order valence-corrected chi connectivity index (χ2v) is 6.07. The Bertz CT molecular complexity index is 751. The Balaban J connectivity index is 0.00000392. The van der Waals surface area contributed by atoms with E-state index in [1.807, 2.05) is 45.2 Å². The number of rotatable bonds is 8. The molecular weight excluding hydrogens is 469 g/mol. The second kappa shape index (κ2) is 12.3. The third-order valence-electron chi connectivity index (χ3n) is 4.05. The molecule has 154 valence electrons. The van der Waals surface area contributed by atoms with Crippen molar-refractivity contribution in [1.82, 2.24) is 10.2 Å². The zero-order valence-electron chi connectivity index (χ0n) is 16.9. The molecule has 0 radical (unpaired) electrons. The van der Waals surface area contributed by atoms with Crippen LogP contribution in [0, 0.1) is 0 Å². The molecule has 0 unspecified atom stereocenters. The zero-order valence-corrected chi connectivity index (χ0v) is 19.3. The lowest BCUT2D eigenvalue weighted by Gasteiger charge is -2.22. The number of hydrogen-bond donors (Lipinski definition) is 2. The van der Waals surface area contributed by atoms with Gasteiger partial charge in [0.1, 0.15) is 5.75 Å². The molecule has 0 spiro atoms. The summed E-state index contributed by atoms with van der Waals surface area (Å²) in [7, 11) is 3.53. The van der Waals surface area contributed by atoms with Gasteiger partial charge >= 0.3 is 0 Å². The van der Waals surface area contributed by atoms with Gasteiger partial charge in [-0.2, -0.15) is 0 Å². The maximum absolute atomic E-state index is 10.2. The third-order valence-corrected chi connectivity index (χ3v) is 4.05. The summed E-state index contributed by atoms with van der Waals surface area (Å²) < 4.78 is 10.6. The molecule has 0 fully saturated rings. The summed E-state index contributed by atoms with van der Waals surface area (Å²) in [6.07, 6.45) is 0. The molecule has 2 aromatic rings. The number of hydrogen-bond acceptors (Lipinski definition) is 4. The first-order valence-corrected chi connectivity index (χ1v) is 9.15. The van der Waals surface area contributed by atoms with Crippen LogP contribution in [0.5, 0.6) is 17.2 Å². The minimum absolute atomic E-state index is 0. The van der Waals surface area contributed by atoms with Crippen molar-refractivity contribution in [2.45, 2.75) is 26.9 Å². The molecule has 7 heteroatoms. The Morgan fingerprint density at radius 1 is 1.14 bits per heavy atom. The number of para-hydroxylation sites is 1. The number of phenols is 1. The van der Waals surface area contributed by atoms with Gasteiger partial charge in [-0.25, -0.2) is 4.99 Å². The number of methoxy groups -OCH3 is 1. The van der Waals surface area contributed by atoms with Crippen molar-refractivity contribution in [2.24, 2.45) is 4.99 Å². The van der Waals surface area contributed by atoms with E-state index in [1.165, 1.54) is 7.11 Å². The average molecular weight is 499 g/mol. The zero-order chi connectivity index (χ0) is 19.6. The lowest BCUT2D eigenvalue weighted by Crippen LogP contribution is -2.38. The highest BCUT2D eigenvalue weighted by Gasteiger charge is 2.10. The molecular formula is C21H30IN3O3. The van der Waals surface area contributed by atoms with Gasteiger partial charge in [0.05, 0.1) is 20.3 Å². The van der Waals surface area contributed by atoms with E-state index in [-0.39, 0.29) is 29.7 Å². The molecule has 0 heterocycles. The molecule has 2 rings (SSSR count). The number of phenolic OH excluding ortho intramolecular Hbond substituents is 1. The third kappa shape index (κ3) is 6.78. The van der Waals surface area contributed by atoms with Crippen LogP contribution >= 0.6 is 24.0 Å². The Morgan fingerprint density at radius 2 is 1.86 bits per heavy atom. The molecule has 0 saturated heterocycles. The van der Waals surface area contributed by atoms with Crippen molar-refractivity contribution in [3.63, 3.8) is 0 Å². The Morgan fingerprint density at radius 3 is 2.46 bits per heavy atom. The predicted octanol–water partition coefficient (Wildman–Crippen LogP) is 4.02. The highest BCUT2D eigenvalue weighted by molar-refractivity contribution is 14.0. The van der Waals surface area contributed by atoms with Crippen molar-refractivity contribution in [3.8, 4) is 17.2 Å². The van der Waals surface area contributed by atoms with Crippen LogP contribution in [0.2, 0.25) is 0 Å². The smallest absolute Gasteiger partial charge is 0.194 e. The Kier molecular flexibility index (Phi) is 10.5. The molecule has 2 aromatic carbocycles. The Labute approximate surface area is 184 Å². The molecule has 0 atom stereocenters. The lowest BCUT2D eigenvalue weighted by molar-refractivity contribution is 0.340. The van der Waals surface area contributed by atoms with Crippen molar-refractivity contribution >= 4 is 29.9 Å². The molecule has 0 aromatic heterocycles. The SMILES string of the molecule is CCNC(=NCc1cccc(OC)c1O)N(C)Cc1ccc(OCC)cc1.I. The number of aromatic hydroxyl groups is 1. The van der Waals surface area contributed by atoms with E-state index in [9.17, 15) is 5.11 Å². The standard InChI is InChI=1S/C21H29N3O3.HI/c1-5-22-21(23-14-17-8-7-9-19(26-4)20(17)25)24(3)15-16-10-12-18(13-11-16)27-6-2;/h7-13,25H,5-6,14-15H2,1-4H3,(H,22,23);1H. The van der Waals surface area contributed by atoms with Crippen LogP contribution in [0.15, 0.2) is 47.5 Å². The van der Waals surface area contributed by atoms with Crippen molar-refractivity contribution in [2.75, 3.05) is 27.3 Å². The highest BCUT2D eigenvalue weighted by atomic mass is 127. The van der Waals surface area contributed by atoms with E-state index in [4.69, 9.17) is 9.47 Å². The van der Waals surface area contributed by atoms with Gasteiger partial charge in [-0.15, -0.1) is 24.0 Å². The minimum Gasteiger partial charge on any atom is -0.504 e. The van der Waals surface area contributed by atoms with Gasteiger partial charge in [-0.1, -0.05) is 24.3 Å². The fraction of sp³-hybridized carbons (Fsp3) is 0.381. The van der Waals surface area contributed by atoms with Crippen LogP contribution in [0.25, 0.3) is 0 Å². The Hall–Kier alpha value is -2.16. The first kappa shape index (κ1) is 23.9. The van der Waals surface area contributed by atoms with E-state index in [0.717, 1.165) is 29.4 Å². The topological polar surface area (TPSA) is 66.3 Å². The average Bonchev–Trinajstić information content (AvgIpc) is 2.67. The molecule has 28 heavy (non-hydrogen) atoms. The number of aliphatic imine (C=N–C) groups is 1. The van der Waals surface area contributed by atoms with Gasteiger partial charge in [0.2, 0.25) is 0 Å². The summed E-state index contributed by atoms with van der Waals surface area (Å²) in [6, 6.07) is 13.5. The van der Waals surface area contributed by atoms with Crippen LogP contribution in [0.1, 0.15) is 25.0 Å². The predicted molar refractivity (Wildman–Crippen MR) is 124 cm³/mol.